The number of aliphatic imine (C=N–C) groups is 1. The summed E-state index contributed by atoms with van der Waals surface area (Å²) in [4.78, 5) is 154. The van der Waals surface area contributed by atoms with E-state index >= 15 is 0 Å². The van der Waals surface area contributed by atoms with E-state index in [2.05, 4.69) is 57.8 Å². The van der Waals surface area contributed by atoms with Crippen LogP contribution in [-0.4, -0.2) is 154 Å². The van der Waals surface area contributed by atoms with Crippen molar-refractivity contribution in [3.05, 3.63) is 71.9 Å². The highest BCUT2D eigenvalue weighted by atomic mass is 16.4. The van der Waals surface area contributed by atoms with E-state index in [1.54, 1.807) is 68.6 Å². The van der Waals surface area contributed by atoms with E-state index in [0.29, 0.717) is 36.8 Å². The second kappa shape index (κ2) is 33.5. The highest BCUT2D eigenvalue weighted by molar-refractivity contribution is 5.98. The fraction of sp³-hybridized carbons (Fsp3) is 0.544. The number of aromatic nitrogens is 1. The quantitative estimate of drug-likeness (QED) is 0.0202. The number of fused-ring (bicyclic) bond motifs is 1. The van der Waals surface area contributed by atoms with Gasteiger partial charge in [-0.1, -0.05) is 75.2 Å². The molecule has 18 N–H and O–H groups in total. The summed E-state index contributed by atoms with van der Waals surface area (Å²) in [6, 6.07) is 4.66. The molecule has 1 aliphatic rings. The summed E-state index contributed by atoms with van der Waals surface area (Å²) in [5.74, 6) is -11.2. The first-order chi connectivity index (χ1) is 39.8. The summed E-state index contributed by atoms with van der Waals surface area (Å²) in [6.45, 7) is 9.02. The monoisotopic (exact) mass is 1170 g/mol. The third-order valence-electron chi connectivity index (χ3n) is 14.4. The molecule has 27 heteroatoms. The van der Waals surface area contributed by atoms with Gasteiger partial charge in [-0.05, 0) is 95.8 Å². The highest BCUT2D eigenvalue weighted by Gasteiger charge is 2.37. The number of nitrogens with two attached hydrogens (primary N) is 3. The number of para-hydroxylation sites is 1. The smallest absolute Gasteiger partial charge is 0.326 e. The van der Waals surface area contributed by atoms with Crippen LogP contribution in [0.1, 0.15) is 110 Å². The van der Waals surface area contributed by atoms with Crippen LogP contribution in [-0.2, 0) is 65.6 Å². The number of carbonyl (C=O) groups excluding carboxylic acids is 9. The van der Waals surface area contributed by atoms with E-state index in [1.165, 1.54) is 27.7 Å². The fourth-order valence-corrected chi connectivity index (χ4v) is 9.48. The summed E-state index contributed by atoms with van der Waals surface area (Å²) in [7, 11) is 0. The number of carboxylic acid groups (broad SMARTS) is 2. The van der Waals surface area contributed by atoms with Crippen LogP contribution in [0.25, 0.3) is 10.9 Å². The van der Waals surface area contributed by atoms with Crippen molar-refractivity contribution < 1.29 is 63.0 Å². The molecule has 0 bridgehead atoms. The first-order valence-corrected chi connectivity index (χ1v) is 28.3. The van der Waals surface area contributed by atoms with Crippen LogP contribution in [0.15, 0.2) is 65.8 Å². The van der Waals surface area contributed by atoms with Gasteiger partial charge in [0.2, 0.25) is 53.2 Å². The maximum atomic E-state index is 14.3. The Morgan fingerprint density at radius 3 is 1.68 bits per heavy atom. The molecule has 11 atom stereocenters. The first kappa shape index (κ1) is 67.9. The number of nitrogens with one attached hydrogen (secondary N) is 10. The number of aliphatic carboxylic acids is 2. The van der Waals surface area contributed by atoms with E-state index in [1.807, 2.05) is 6.07 Å². The van der Waals surface area contributed by atoms with Crippen LogP contribution < -0.4 is 65.1 Å². The zero-order chi connectivity index (χ0) is 62.2. The number of H-pyrrole nitrogens is 1. The molecule has 27 nitrogen and oxygen atoms in total. The molecule has 460 valence electrons. The molecule has 1 fully saturated rings. The largest absolute Gasteiger partial charge is 0.481 e. The molecular weight excluding hydrogens is 1090 g/mol. The number of carboxylic acids is 2. The molecule has 2 aromatic carbocycles. The molecule has 1 saturated carbocycles. The summed E-state index contributed by atoms with van der Waals surface area (Å²) in [5.41, 5.74) is 18.5. The molecule has 1 aliphatic carbocycles. The van der Waals surface area contributed by atoms with Crippen molar-refractivity contribution in [2.75, 3.05) is 13.1 Å². The second-order valence-electron chi connectivity index (χ2n) is 21.6. The van der Waals surface area contributed by atoms with Crippen LogP contribution in [0.4, 0.5) is 0 Å². The normalized spacial score (nSPS) is 17.1. The first-order valence-electron chi connectivity index (χ1n) is 28.3. The van der Waals surface area contributed by atoms with Crippen molar-refractivity contribution in [3.63, 3.8) is 0 Å². The molecular formula is C57H84N14O13. The van der Waals surface area contributed by atoms with E-state index in [4.69, 9.17) is 17.2 Å². The molecule has 84 heavy (non-hydrogen) atoms. The lowest BCUT2D eigenvalue weighted by atomic mass is 9.78. The molecule has 2 unspecified atom stereocenters. The molecule has 0 radical (unpaired) electrons. The van der Waals surface area contributed by atoms with Gasteiger partial charge in [0.25, 0.3) is 0 Å². The lowest BCUT2D eigenvalue weighted by Crippen LogP contribution is -2.60. The van der Waals surface area contributed by atoms with Crippen LogP contribution in [0.2, 0.25) is 0 Å². The minimum absolute atomic E-state index is 0.0139. The van der Waals surface area contributed by atoms with Gasteiger partial charge in [-0.3, -0.25) is 52.9 Å². The van der Waals surface area contributed by atoms with Crippen molar-refractivity contribution >= 4 is 82.0 Å². The standard InChI is InChI=1S/C57H84N14O13/c1-30(2)45(54(80)66-33(5)47(73)68-42(56(83)84)24-16-26-62-57(59)60)71-49(75)34(6)65-52(78)44(28-36-29-63-40-22-13-12-19-37(36)40)70-48(74)32(4)64-51(77)41(23-14-15-25-61-50(76)38-20-10-11-21-39(38)55(81)82)67-53(79)43(69-46(72)31(3)58)27-35-17-8-7-9-18-35/h7-9,12-13,17-19,22,29-34,38-39,41-45,63H,10-11,14-16,20-21,23-28,58H2,1-6H3,(H,61,76)(H,64,77)(H,65,78)(H,66,80)(H,67,79)(H,68,73)(H,69,72)(H,70,74)(H,71,75)(H,81,82)(H,83,84)(H4,59,60,62)/t31-,32-,33-,34-,38?,39?,41-,42-,43-,44-,45-/m0/s1. The molecule has 0 spiro atoms. The third-order valence-corrected chi connectivity index (χ3v) is 14.4. The Hall–Kier alpha value is -8.62. The van der Waals surface area contributed by atoms with Gasteiger partial charge in [-0.2, -0.15) is 0 Å². The van der Waals surface area contributed by atoms with Crippen LogP contribution in [0.5, 0.6) is 0 Å². The zero-order valence-electron chi connectivity index (χ0n) is 48.5. The average Bonchev–Trinajstić information content (AvgIpc) is 4.09. The number of hydrogen-bond acceptors (Lipinski definition) is 13. The number of guanidine groups is 1. The van der Waals surface area contributed by atoms with Crippen LogP contribution in [0.3, 0.4) is 0 Å². The number of unbranched alkanes of at least 4 members (excludes halogenated alkanes) is 1. The SMILES string of the molecule is CC(C)[C@H](NC(=O)[C@H](C)NC(=O)[C@H](Cc1c[nH]c2ccccc12)NC(=O)[C@H](C)NC(=O)[C@H](CCCCNC(=O)C1CCCCC1C(=O)O)NC(=O)[C@H](Cc1ccccc1)NC(=O)[C@H](C)N)C(=O)N[C@@H](C)C(=O)N[C@@H](CCCN=C(N)N)C(=O)O. The van der Waals surface area contributed by atoms with E-state index in [0.717, 1.165) is 17.3 Å². The van der Waals surface area contributed by atoms with Crippen molar-refractivity contribution in [2.24, 2.45) is 39.9 Å². The Morgan fingerprint density at radius 1 is 0.571 bits per heavy atom. The van der Waals surface area contributed by atoms with Crippen molar-refractivity contribution in [2.45, 2.75) is 167 Å². The molecule has 9 amide bonds. The summed E-state index contributed by atoms with van der Waals surface area (Å²) < 4.78 is 0. The molecule has 1 heterocycles. The predicted octanol–water partition coefficient (Wildman–Crippen LogP) is -0.790. The number of rotatable bonds is 33. The van der Waals surface area contributed by atoms with E-state index in [9.17, 15) is 63.0 Å². The van der Waals surface area contributed by atoms with Gasteiger partial charge in [0.15, 0.2) is 5.96 Å². The Kier molecular flexibility index (Phi) is 27.1. The molecule has 0 saturated heterocycles. The Balaban J connectivity index is 1.50. The minimum atomic E-state index is -1.38. The Morgan fingerprint density at radius 2 is 1.08 bits per heavy atom. The van der Waals surface area contributed by atoms with Crippen molar-refractivity contribution in [1.29, 1.82) is 0 Å². The highest BCUT2D eigenvalue weighted by Crippen LogP contribution is 2.30. The third kappa shape index (κ3) is 21.6. The Bertz CT molecular complexity index is 2800. The van der Waals surface area contributed by atoms with E-state index in [-0.39, 0.29) is 63.5 Å². The average molecular weight is 1170 g/mol. The number of nitrogens with zero attached hydrogens (tertiary/aromatic N) is 1. The summed E-state index contributed by atoms with van der Waals surface area (Å²) >= 11 is 0. The number of carbonyl (C=O) groups is 11. The van der Waals surface area contributed by atoms with Crippen LogP contribution >= 0.6 is 0 Å². The maximum Gasteiger partial charge on any atom is 0.326 e. The van der Waals surface area contributed by atoms with Gasteiger partial charge in [0.1, 0.15) is 48.3 Å². The van der Waals surface area contributed by atoms with Crippen molar-refractivity contribution in [1.82, 2.24) is 52.8 Å². The molecule has 3 aromatic rings. The van der Waals surface area contributed by atoms with Crippen molar-refractivity contribution in [3.8, 4) is 0 Å². The van der Waals surface area contributed by atoms with Gasteiger partial charge in [-0.15, -0.1) is 0 Å². The number of amides is 9. The second-order valence-corrected chi connectivity index (χ2v) is 21.6. The number of hydrogen-bond donors (Lipinski definition) is 15. The Labute approximate surface area is 487 Å². The van der Waals surface area contributed by atoms with E-state index < -0.39 is 131 Å². The van der Waals surface area contributed by atoms with Gasteiger partial charge in [0, 0.05) is 43.0 Å². The van der Waals surface area contributed by atoms with Gasteiger partial charge >= 0.3 is 11.9 Å². The summed E-state index contributed by atoms with van der Waals surface area (Å²) in [6.07, 6.45) is 4.61. The van der Waals surface area contributed by atoms with Gasteiger partial charge in [-0.25, -0.2) is 4.79 Å². The zero-order valence-corrected chi connectivity index (χ0v) is 48.5. The predicted molar refractivity (Wildman–Crippen MR) is 311 cm³/mol. The maximum absolute atomic E-state index is 14.3. The summed E-state index contributed by atoms with van der Waals surface area (Å²) in [5, 5.41) is 43.7. The van der Waals surface area contributed by atoms with Gasteiger partial charge in [0.05, 0.1) is 17.9 Å². The molecule has 0 aliphatic heterocycles. The number of aromatic amines is 1. The van der Waals surface area contributed by atoms with Crippen LogP contribution in [0, 0.1) is 17.8 Å². The lowest BCUT2D eigenvalue weighted by molar-refractivity contribution is -0.149. The minimum Gasteiger partial charge on any atom is -0.481 e. The topological polar surface area (TPSA) is 443 Å². The lowest BCUT2D eigenvalue weighted by Gasteiger charge is -2.27. The van der Waals surface area contributed by atoms with Gasteiger partial charge < -0.3 is 80.2 Å². The molecule has 1 aromatic heterocycles. The molecule has 4 rings (SSSR count). The fourth-order valence-electron chi connectivity index (χ4n) is 9.48. The number of benzene rings is 2.